The molecule has 1 fully saturated rings. The summed E-state index contributed by atoms with van der Waals surface area (Å²) < 4.78 is 5.50. The molecule has 0 aliphatic carbocycles. The summed E-state index contributed by atoms with van der Waals surface area (Å²) in [6, 6.07) is 0. The molecular weight excluding hydrogens is 114 g/mol. The zero-order chi connectivity index (χ0) is 6.74. The summed E-state index contributed by atoms with van der Waals surface area (Å²) in [6.07, 6.45) is 3.40. The molecule has 1 heterocycles. The highest BCUT2D eigenvalue weighted by Crippen LogP contribution is 2.27. The van der Waals surface area contributed by atoms with Gasteiger partial charge in [-0.25, -0.2) is 0 Å². The lowest BCUT2D eigenvalue weighted by Gasteiger charge is -2.21. The summed E-state index contributed by atoms with van der Waals surface area (Å²) in [5.41, 5.74) is 5.53. The normalized spacial score (nSPS) is 35.3. The number of ether oxygens (including phenoxy) is 1. The van der Waals surface area contributed by atoms with Crippen LogP contribution in [0.5, 0.6) is 0 Å². The molecule has 0 amide bonds. The van der Waals surface area contributed by atoms with Crippen molar-refractivity contribution in [1.82, 2.24) is 0 Å². The Labute approximate surface area is 56.4 Å². The number of nitrogens with two attached hydrogens (primary N) is 1. The molecule has 1 unspecified atom stereocenters. The van der Waals surface area contributed by atoms with E-state index in [2.05, 4.69) is 6.92 Å². The van der Waals surface area contributed by atoms with Gasteiger partial charge in [-0.2, -0.15) is 0 Å². The summed E-state index contributed by atoms with van der Waals surface area (Å²) in [5.74, 6) is 0. The minimum atomic E-state index is 0.120. The molecule has 0 spiro atoms. The van der Waals surface area contributed by atoms with E-state index in [4.69, 9.17) is 10.5 Å². The SMILES string of the molecule is CC1(CCN)CCCO1. The van der Waals surface area contributed by atoms with Gasteiger partial charge in [-0.1, -0.05) is 0 Å². The minimum absolute atomic E-state index is 0.120. The van der Waals surface area contributed by atoms with Gasteiger partial charge < -0.3 is 10.5 Å². The Morgan fingerprint density at radius 3 is 2.89 bits per heavy atom. The van der Waals surface area contributed by atoms with Gasteiger partial charge in [0.2, 0.25) is 0 Å². The van der Waals surface area contributed by atoms with E-state index in [1.807, 2.05) is 0 Å². The van der Waals surface area contributed by atoms with Crippen molar-refractivity contribution in [2.45, 2.75) is 31.8 Å². The maximum Gasteiger partial charge on any atom is 0.0667 e. The van der Waals surface area contributed by atoms with Crippen LogP contribution in [0, 0.1) is 0 Å². The van der Waals surface area contributed by atoms with E-state index in [1.54, 1.807) is 0 Å². The van der Waals surface area contributed by atoms with Crippen molar-refractivity contribution in [3.8, 4) is 0 Å². The summed E-state index contributed by atoms with van der Waals surface area (Å²) >= 11 is 0. The molecule has 1 saturated heterocycles. The average molecular weight is 129 g/mol. The highest BCUT2D eigenvalue weighted by Gasteiger charge is 2.28. The van der Waals surface area contributed by atoms with Gasteiger partial charge in [-0.15, -0.1) is 0 Å². The van der Waals surface area contributed by atoms with E-state index in [1.165, 1.54) is 12.8 Å². The lowest BCUT2D eigenvalue weighted by atomic mass is 9.99. The summed E-state index contributed by atoms with van der Waals surface area (Å²) in [7, 11) is 0. The zero-order valence-corrected chi connectivity index (χ0v) is 6.02. The van der Waals surface area contributed by atoms with Crippen LogP contribution in [0.3, 0.4) is 0 Å². The molecule has 54 valence electrons. The van der Waals surface area contributed by atoms with Crippen LogP contribution in [0.2, 0.25) is 0 Å². The smallest absolute Gasteiger partial charge is 0.0667 e. The Morgan fingerprint density at radius 1 is 1.67 bits per heavy atom. The van der Waals surface area contributed by atoms with E-state index in [0.717, 1.165) is 19.6 Å². The van der Waals surface area contributed by atoms with Crippen molar-refractivity contribution in [3.05, 3.63) is 0 Å². The fourth-order valence-corrected chi connectivity index (χ4v) is 1.34. The molecule has 0 bridgehead atoms. The van der Waals surface area contributed by atoms with Gasteiger partial charge in [0.1, 0.15) is 0 Å². The summed E-state index contributed by atoms with van der Waals surface area (Å²) in [6.45, 7) is 3.82. The van der Waals surface area contributed by atoms with Gasteiger partial charge in [-0.05, 0) is 32.7 Å². The van der Waals surface area contributed by atoms with E-state index in [-0.39, 0.29) is 5.60 Å². The van der Waals surface area contributed by atoms with Crippen molar-refractivity contribution in [3.63, 3.8) is 0 Å². The van der Waals surface area contributed by atoms with Crippen molar-refractivity contribution in [2.24, 2.45) is 5.73 Å². The Hall–Kier alpha value is -0.0800. The highest BCUT2D eigenvalue weighted by molar-refractivity contribution is 4.79. The first-order valence-corrected chi connectivity index (χ1v) is 3.61. The first-order valence-electron chi connectivity index (χ1n) is 3.61. The lowest BCUT2D eigenvalue weighted by Crippen LogP contribution is -2.26. The number of hydrogen-bond acceptors (Lipinski definition) is 2. The second-order valence-corrected chi connectivity index (χ2v) is 2.94. The molecule has 0 aromatic rings. The standard InChI is InChI=1S/C7H15NO/c1-7(4-5-8)3-2-6-9-7/h2-6,8H2,1H3. The summed E-state index contributed by atoms with van der Waals surface area (Å²) in [4.78, 5) is 0. The Bertz CT molecular complexity index is 86.9. The van der Waals surface area contributed by atoms with Gasteiger partial charge in [0.15, 0.2) is 0 Å². The van der Waals surface area contributed by atoms with Gasteiger partial charge in [0, 0.05) is 6.61 Å². The third-order valence-corrected chi connectivity index (χ3v) is 1.97. The second-order valence-electron chi connectivity index (χ2n) is 2.94. The molecule has 9 heavy (non-hydrogen) atoms. The minimum Gasteiger partial charge on any atom is -0.375 e. The molecule has 2 N–H and O–H groups in total. The molecule has 0 aromatic carbocycles. The maximum atomic E-state index is 5.50. The molecule has 2 heteroatoms. The Kier molecular flexibility index (Phi) is 2.09. The van der Waals surface area contributed by atoms with Crippen molar-refractivity contribution >= 4 is 0 Å². The molecule has 2 nitrogen and oxygen atoms in total. The van der Waals surface area contributed by atoms with Gasteiger partial charge >= 0.3 is 0 Å². The van der Waals surface area contributed by atoms with Gasteiger partial charge in [0.05, 0.1) is 5.60 Å². The molecule has 0 aromatic heterocycles. The Balaban J connectivity index is 2.32. The molecule has 1 aliphatic rings. The van der Waals surface area contributed by atoms with Crippen molar-refractivity contribution in [2.75, 3.05) is 13.2 Å². The lowest BCUT2D eigenvalue weighted by molar-refractivity contribution is 0.0154. The fourth-order valence-electron chi connectivity index (χ4n) is 1.34. The average Bonchev–Trinajstić information content (AvgIpc) is 2.16. The molecule has 1 aliphatic heterocycles. The predicted molar refractivity (Wildman–Crippen MR) is 37.3 cm³/mol. The van der Waals surface area contributed by atoms with Crippen LogP contribution in [0.15, 0.2) is 0 Å². The third-order valence-electron chi connectivity index (χ3n) is 1.97. The number of hydrogen-bond donors (Lipinski definition) is 1. The molecule has 0 saturated carbocycles. The van der Waals surface area contributed by atoms with Crippen LogP contribution in [0.1, 0.15) is 26.2 Å². The summed E-state index contributed by atoms with van der Waals surface area (Å²) in [5, 5.41) is 0. The topological polar surface area (TPSA) is 35.2 Å². The maximum absolute atomic E-state index is 5.50. The quantitative estimate of drug-likeness (QED) is 0.601. The van der Waals surface area contributed by atoms with Gasteiger partial charge in [-0.3, -0.25) is 0 Å². The van der Waals surface area contributed by atoms with Crippen LogP contribution in [-0.4, -0.2) is 18.8 Å². The van der Waals surface area contributed by atoms with Crippen LogP contribution < -0.4 is 5.73 Å². The predicted octanol–water partition coefficient (Wildman–Crippen LogP) is 0.904. The highest BCUT2D eigenvalue weighted by atomic mass is 16.5. The largest absolute Gasteiger partial charge is 0.375 e. The first kappa shape index (κ1) is 7.03. The Morgan fingerprint density at radius 2 is 2.44 bits per heavy atom. The third kappa shape index (κ3) is 1.66. The van der Waals surface area contributed by atoms with E-state index in [0.29, 0.717) is 0 Å². The van der Waals surface area contributed by atoms with Crippen LogP contribution in [0.25, 0.3) is 0 Å². The zero-order valence-electron chi connectivity index (χ0n) is 6.02. The molecule has 0 radical (unpaired) electrons. The first-order chi connectivity index (χ1) is 4.27. The van der Waals surface area contributed by atoms with Crippen molar-refractivity contribution < 1.29 is 4.74 Å². The second kappa shape index (κ2) is 2.67. The van der Waals surface area contributed by atoms with Crippen LogP contribution >= 0.6 is 0 Å². The van der Waals surface area contributed by atoms with E-state index < -0.39 is 0 Å². The molecule has 1 atom stereocenters. The van der Waals surface area contributed by atoms with Crippen LogP contribution in [-0.2, 0) is 4.74 Å². The monoisotopic (exact) mass is 129 g/mol. The fraction of sp³-hybridized carbons (Fsp3) is 1.00. The van der Waals surface area contributed by atoms with Gasteiger partial charge in [0.25, 0.3) is 0 Å². The van der Waals surface area contributed by atoms with Crippen molar-refractivity contribution in [1.29, 1.82) is 0 Å². The van der Waals surface area contributed by atoms with Crippen LogP contribution in [0.4, 0.5) is 0 Å². The van der Waals surface area contributed by atoms with E-state index >= 15 is 0 Å². The molecule has 1 rings (SSSR count). The molecular formula is C7H15NO. The number of rotatable bonds is 2. The van der Waals surface area contributed by atoms with E-state index in [9.17, 15) is 0 Å².